The Morgan fingerprint density at radius 3 is 2.48 bits per heavy atom. The van der Waals surface area contributed by atoms with E-state index in [-0.39, 0.29) is 23.5 Å². The van der Waals surface area contributed by atoms with Crippen LogP contribution in [0.25, 0.3) is 0 Å². The molecule has 1 fully saturated rings. The molecule has 1 heterocycles. The van der Waals surface area contributed by atoms with Crippen molar-refractivity contribution >= 4 is 17.7 Å². The molecule has 144 valence electrons. The number of carbonyl (C=O) groups excluding carboxylic acids is 1. The SMILES string of the molecule is CSc1ncc(C(=O)NC2CCC(Oc3cc(F)cc(F)c3)CC2)c(=O)[nH]1. The number of ether oxygens (including phenoxy) is 1. The van der Waals surface area contributed by atoms with E-state index in [0.717, 1.165) is 18.2 Å². The van der Waals surface area contributed by atoms with Gasteiger partial charge in [0.15, 0.2) is 5.16 Å². The van der Waals surface area contributed by atoms with Gasteiger partial charge in [-0.3, -0.25) is 9.59 Å². The molecule has 1 aromatic heterocycles. The van der Waals surface area contributed by atoms with Crippen LogP contribution in [0.1, 0.15) is 36.0 Å². The number of benzene rings is 1. The van der Waals surface area contributed by atoms with Gasteiger partial charge in [0.2, 0.25) is 0 Å². The summed E-state index contributed by atoms with van der Waals surface area (Å²) in [7, 11) is 0. The van der Waals surface area contributed by atoms with E-state index in [1.807, 2.05) is 0 Å². The lowest BCUT2D eigenvalue weighted by Gasteiger charge is -2.29. The average Bonchev–Trinajstić information content (AvgIpc) is 2.62. The summed E-state index contributed by atoms with van der Waals surface area (Å²) in [5.41, 5.74) is -0.501. The number of amides is 1. The van der Waals surface area contributed by atoms with E-state index in [9.17, 15) is 18.4 Å². The number of hydrogen-bond acceptors (Lipinski definition) is 5. The molecular weight excluding hydrogens is 376 g/mol. The Balaban J connectivity index is 1.53. The van der Waals surface area contributed by atoms with E-state index in [1.165, 1.54) is 18.0 Å². The molecule has 3 rings (SSSR count). The summed E-state index contributed by atoms with van der Waals surface area (Å²) in [6.45, 7) is 0. The summed E-state index contributed by atoms with van der Waals surface area (Å²) < 4.78 is 32.1. The summed E-state index contributed by atoms with van der Waals surface area (Å²) in [5, 5.41) is 3.28. The topological polar surface area (TPSA) is 84.1 Å². The number of halogens is 2. The summed E-state index contributed by atoms with van der Waals surface area (Å²) in [5.74, 6) is -1.67. The van der Waals surface area contributed by atoms with Crippen LogP contribution in [0.4, 0.5) is 8.78 Å². The number of nitrogens with zero attached hydrogens (tertiary/aromatic N) is 1. The molecule has 0 spiro atoms. The van der Waals surface area contributed by atoms with Crippen LogP contribution in [-0.2, 0) is 0 Å². The molecule has 0 saturated heterocycles. The Labute approximate surface area is 158 Å². The first-order valence-electron chi connectivity index (χ1n) is 8.51. The van der Waals surface area contributed by atoms with E-state index in [0.29, 0.717) is 30.8 Å². The molecule has 0 radical (unpaired) electrons. The van der Waals surface area contributed by atoms with Crippen LogP contribution < -0.4 is 15.6 Å². The maximum Gasteiger partial charge on any atom is 0.264 e. The quantitative estimate of drug-likeness (QED) is 0.601. The lowest BCUT2D eigenvalue weighted by Crippen LogP contribution is -2.41. The van der Waals surface area contributed by atoms with Gasteiger partial charge < -0.3 is 15.0 Å². The van der Waals surface area contributed by atoms with Crippen LogP contribution in [0.15, 0.2) is 34.3 Å². The Bertz CT molecular complexity index is 862. The minimum absolute atomic E-state index is 0.0265. The second kappa shape index (κ2) is 8.51. The van der Waals surface area contributed by atoms with Gasteiger partial charge in [0.05, 0.1) is 6.10 Å². The number of hydrogen-bond donors (Lipinski definition) is 2. The summed E-state index contributed by atoms with van der Waals surface area (Å²) in [6, 6.07) is 2.99. The predicted molar refractivity (Wildman–Crippen MR) is 97.1 cm³/mol. The van der Waals surface area contributed by atoms with E-state index < -0.39 is 23.1 Å². The number of carbonyl (C=O) groups is 1. The Hall–Kier alpha value is -2.42. The van der Waals surface area contributed by atoms with Gasteiger partial charge in [-0.1, -0.05) is 11.8 Å². The zero-order valence-electron chi connectivity index (χ0n) is 14.6. The number of H-pyrrole nitrogens is 1. The highest BCUT2D eigenvalue weighted by atomic mass is 32.2. The van der Waals surface area contributed by atoms with Gasteiger partial charge >= 0.3 is 0 Å². The average molecular weight is 395 g/mol. The van der Waals surface area contributed by atoms with Crippen molar-refractivity contribution in [3.63, 3.8) is 0 Å². The van der Waals surface area contributed by atoms with Crippen molar-refractivity contribution in [2.75, 3.05) is 6.26 Å². The van der Waals surface area contributed by atoms with Crippen LogP contribution in [0.3, 0.4) is 0 Å². The van der Waals surface area contributed by atoms with Crippen molar-refractivity contribution in [1.29, 1.82) is 0 Å². The first-order valence-corrected chi connectivity index (χ1v) is 9.74. The fourth-order valence-corrected chi connectivity index (χ4v) is 3.37. The van der Waals surface area contributed by atoms with Gasteiger partial charge in [-0.25, -0.2) is 13.8 Å². The maximum absolute atomic E-state index is 13.2. The van der Waals surface area contributed by atoms with Crippen LogP contribution in [-0.4, -0.2) is 34.3 Å². The molecule has 1 amide bonds. The zero-order valence-corrected chi connectivity index (χ0v) is 15.4. The summed E-state index contributed by atoms with van der Waals surface area (Å²) >= 11 is 1.28. The van der Waals surface area contributed by atoms with Crippen LogP contribution in [0.2, 0.25) is 0 Å². The largest absolute Gasteiger partial charge is 0.490 e. The molecule has 0 unspecified atom stereocenters. The molecule has 9 heteroatoms. The smallest absolute Gasteiger partial charge is 0.264 e. The molecule has 0 aliphatic heterocycles. The van der Waals surface area contributed by atoms with Crippen molar-refractivity contribution in [2.24, 2.45) is 0 Å². The predicted octanol–water partition coefficient (Wildman–Crippen LogP) is 2.89. The molecule has 0 bridgehead atoms. The molecule has 27 heavy (non-hydrogen) atoms. The van der Waals surface area contributed by atoms with E-state index in [2.05, 4.69) is 15.3 Å². The minimum Gasteiger partial charge on any atom is -0.490 e. The highest BCUT2D eigenvalue weighted by Gasteiger charge is 2.25. The Morgan fingerprint density at radius 2 is 1.89 bits per heavy atom. The lowest BCUT2D eigenvalue weighted by molar-refractivity contribution is 0.0891. The molecule has 1 saturated carbocycles. The molecule has 1 aromatic carbocycles. The Kier molecular flexibility index (Phi) is 6.10. The molecule has 0 atom stereocenters. The number of thioether (sulfide) groups is 1. The second-order valence-electron chi connectivity index (χ2n) is 6.31. The standard InChI is InChI=1S/C18H19F2N3O3S/c1-27-18-21-9-15(17(25)23-18)16(24)22-12-2-4-13(5-3-12)26-14-7-10(19)6-11(20)8-14/h6-9,12-13H,2-5H2,1H3,(H,22,24)(H,21,23,25). The number of rotatable bonds is 5. The normalized spacial score (nSPS) is 19.5. The molecule has 1 aliphatic carbocycles. The maximum atomic E-state index is 13.2. The molecular formula is C18H19F2N3O3S. The highest BCUT2D eigenvalue weighted by Crippen LogP contribution is 2.25. The monoisotopic (exact) mass is 395 g/mol. The highest BCUT2D eigenvalue weighted by molar-refractivity contribution is 7.98. The summed E-state index contributed by atoms with van der Waals surface area (Å²) in [4.78, 5) is 30.8. The third kappa shape index (κ3) is 5.06. The Morgan fingerprint density at radius 1 is 1.22 bits per heavy atom. The van der Waals surface area contributed by atoms with Crippen molar-refractivity contribution < 1.29 is 18.3 Å². The first-order chi connectivity index (χ1) is 12.9. The third-order valence-electron chi connectivity index (χ3n) is 4.36. The van der Waals surface area contributed by atoms with Crippen LogP contribution in [0, 0.1) is 11.6 Å². The van der Waals surface area contributed by atoms with Gasteiger partial charge in [-0.05, 0) is 31.9 Å². The van der Waals surface area contributed by atoms with E-state index >= 15 is 0 Å². The van der Waals surface area contributed by atoms with E-state index in [4.69, 9.17) is 4.74 Å². The van der Waals surface area contributed by atoms with Crippen LogP contribution >= 0.6 is 11.8 Å². The number of aromatic nitrogens is 2. The van der Waals surface area contributed by atoms with Gasteiger partial charge in [-0.15, -0.1) is 0 Å². The van der Waals surface area contributed by atoms with Crippen LogP contribution in [0.5, 0.6) is 5.75 Å². The number of aromatic amines is 1. The molecule has 1 aliphatic rings. The molecule has 6 nitrogen and oxygen atoms in total. The second-order valence-corrected chi connectivity index (χ2v) is 7.10. The van der Waals surface area contributed by atoms with Crippen molar-refractivity contribution in [2.45, 2.75) is 43.0 Å². The van der Waals surface area contributed by atoms with E-state index in [1.54, 1.807) is 6.26 Å². The fraction of sp³-hybridized carbons (Fsp3) is 0.389. The van der Waals surface area contributed by atoms with Crippen molar-refractivity contribution in [3.05, 3.63) is 51.9 Å². The molecule has 2 N–H and O–H groups in total. The van der Waals surface area contributed by atoms with Crippen molar-refractivity contribution in [3.8, 4) is 5.75 Å². The van der Waals surface area contributed by atoms with Gasteiger partial charge in [0, 0.05) is 30.4 Å². The minimum atomic E-state index is -0.683. The molecule has 2 aromatic rings. The zero-order chi connectivity index (χ0) is 19.4. The number of nitrogens with one attached hydrogen (secondary N) is 2. The first kappa shape index (κ1) is 19.3. The summed E-state index contributed by atoms with van der Waals surface area (Å²) in [6.07, 6.45) is 5.41. The third-order valence-corrected chi connectivity index (χ3v) is 4.96. The van der Waals surface area contributed by atoms with Gasteiger partial charge in [0.25, 0.3) is 11.5 Å². The fourth-order valence-electron chi connectivity index (χ4n) is 3.02. The van der Waals surface area contributed by atoms with Gasteiger partial charge in [-0.2, -0.15) is 0 Å². The van der Waals surface area contributed by atoms with Crippen molar-refractivity contribution in [1.82, 2.24) is 15.3 Å². The van der Waals surface area contributed by atoms with Gasteiger partial charge in [0.1, 0.15) is 22.9 Å². The lowest BCUT2D eigenvalue weighted by atomic mass is 9.92.